The number of unbranched alkanes of at least 4 members (excludes halogenated alkanes) is 8. The van der Waals surface area contributed by atoms with E-state index < -0.39 is 0 Å². The smallest absolute Gasteiger partial charge is 0.0157 e. The normalized spacial score (nSPS) is 10.7. The molecule has 0 rings (SSSR count). The van der Waals surface area contributed by atoms with E-state index in [0.29, 0.717) is 0 Å². The Morgan fingerprint density at radius 2 is 1.47 bits per heavy atom. The van der Waals surface area contributed by atoms with Gasteiger partial charge >= 0.3 is 0 Å². The summed E-state index contributed by atoms with van der Waals surface area (Å²) in [5, 5.41) is 0. The average molecular weight is 236 g/mol. The van der Waals surface area contributed by atoms with E-state index in [0.717, 1.165) is 13.0 Å². The Bertz CT molecular complexity index is 174. The van der Waals surface area contributed by atoms with Crippen molar-refractivity contribution in [3.8, 4) is 0 Å². The van der Waals surface area contributed by atoms with E-state index in [9.17, 15) is 0 Å². The molecule has 0 heterocycles. The van der Waals surface area contributed by atoms with Crippen LogP contribution >= 0.6 is 0 Å². The van der Waals surface area contributed by atoms with Crippen molar-refractivity contribution in [3.05, 3.63) is 25.3 Å². The van der Waals surface area contributed by atoms with Crippen LogP contribution in [0.25, 0.3) is 0 Å². The summed E-state index contributed by atoms with van der Waals surface area (Å²) in [6.45, 7) is 11.3. The fraction of sp³-hybridized carbons (Fsp3) is 0.750. The van der Waals surface area contributed by atoms with Crippen LogP contribution in [0.15, 0.2) is 18.7 Å². The molecule has 0 aliphatic heterocycles. The molecule has 0 amide bonds. The van der Waals surface area contributed by atoms with E-state index in [1.165, 1.54) is 57.9 Å². The molecule has 1 heteroatoms. The fourth-order valence-electron chi connectivity index (χ4n) is 2.02. The number of hydrogen-bond donors (Lipinski definition) is 0. The molecule has 0 aromatic heterocycles. The lowest BCUT2D eigenvalue weighted by Gasteiger charge is -2.13. The molecule has 99 valence electrons. The summed E-state index contributed by atoms with van der Waals surface area (Å²) in [6.07, 6.45) is 15.7. The van der Waals surface area contributed by atoms with Gasteiger partial charge in [-0.05, 0) is 32.9 Å². The maximum absolute atomic E-state index is 5.34. The first-order valence-corrected chi connectivity index (χ1v) is 7.14. The summed E-state index contributed by atoms with van der Waals surface area (Å²) in [5.74, 6) is 0. The Morgan fingerprint density at radius 1 is 0.941 bits per heavy atom. The summed E-state index contributed by atoms with van der Waals surface area (Å²) in [7, 11) is 2.16. The monoisotopic (exact) mass is 236 g/mol. The fourth-order valence-corrected chi connectivity index (χ4v) is 2.02. The van der Waals surface area contributed by atoms with Gasteiger partial charge < -0.3 is 4.90 Å². The molecule has 17 heavy (non-hydrogen) atoms. The van der Waals surface area contributed by atoms with Crippen molar-refractivity contribution in [2.24, 2.45) is 0 Å². The maximum atomic E-state index is 5.34. The van der Waals surface area contributed by atoms with Gasteiger partial charge in [-0.25, -0.2) is 0 Å². The Labute approximate surface area is 109 Å². The zero-order chi connectivity index (χ0) is 12.8. The molecule has 0 aromatic rings. The minimum absolute atomic E-state index is 1.01. The molecule has 0 fully saturated rings. The highest BCUT2D eigenvalue weighted by atomic mass is 15.1. The van der Waals surface area contributed by atoms with Gasteiger partial charge in [-0.1, -0.05) is 57.3 Å². The highest BCUT2D eigenvalue weighted by Gasteiger charge is 1.95. The number of likely N-dealkylation sites (N-methyl/N-ethyl adjacent to an activating group) is 1. The number of rotatable bonds is 13. The van der Waals surface area contributed by atoms with Crippen LogP contribution in [0, 0.1) is 6.58 Å². The van der Waals surface area contributed by atoms with Crippen LogP contribution in [0.3, 0.4) is 0 Å². The van der Waals surface area contributed by atoms with Gasteiger partial charge in [0, 0.05) is 6.54 Å². The van der Waals surface area contributed by atoms with E-state index in [4.69, 9.17) is 6.58 Å². The van der Waals surface area contributed by atoms with Crippen molar-refractivity contribution in [3.63, 3.8) is 0 Å². The molecule has 1 radical (unpaired) electrons. The van der Waals surface area contributed by atoms with Crippen LogP contribution in [0.5, 0.6) is 0 Å². The van der Waals surface area contributed by atoms with E-state index in [-0.39, 0.29) is 0 Å². The van der Waals surface area contributed by atoms with Crippen molar-refractivity contribution in [1.82, 2.24) is 4.90 Å². The van der Waals surface area contributed by atoms with Gasteiger partial charge in [-0.3, -0.25) is 0 Å². The first-order chi connectivity index (χ1) is 8.31. The second-order valence-corrected chi connectivity index (χ2v) is 4.90. The largest absolute Gasteiger partial charge is 0.303 e. The molecule has 0 N–H and O–H groups in total. The second kappa shape index (κ2) is 13.5. The molecule has 0 unspecified atom stereocenters. The third-order valence-corrected chi connectivity index (χ3v) is 3.10. The standard InChI is InChI=1S/C16H30N/c1-4-6-7-8-9-10-11-12-13-14-16-17(3)15-5-2/h1,4-5H,2,6-16H2,3H3. The summed E-state index contributed by atoms with van der Waals surface area (Å²) in [4.78, 5) is 2.33. The molecule has 0 saturated heterocycles. The molecule has 0 aromatic carbocycles. The van der Waals surface area contributed by atoms with Crippen molar-refractivity contribution < 1.29 is 0 Å². The molecule has 0 aliphatic carbocycles. The van der Waals surface area contributed by atoms with Gasteiger partial charge in [-0.2, -0.15) is 0 Å². The summed E-state index contributed by atoms with van der Waals surface area (Å²) >= 11 is 0. The van der Waals surface area contributed by atoms with Gasteiger partial charge in [-0.15, -0.1) is 6.58 Å². The van der Waals surface area contributed by atoms with Crippen molar-refractivity contribution in [2.45, 2.75) is 57.8 Å². The molecular weight excluding hydrogens is 206 g/mol. The predicted molar refractivity (Wildman–Crippen MR) is 78.1 cm³/mol. The van der Waals surface area contributed by atoms with Crippen molar-refractivity contribution >= 4 is 0 Å². The molecule has 1 nitrogen and oxygen atoms in total. The first kappa shape index (κ1) is 16.4. The Kier molecular flexibility index (Phi) is 13.1. The first-order valence-electron chi connectivity index (χ1n) is 7.14. The van der Waals surface area contributed by atoms with Crippen LogP contribution in [0.2, 0.25) is 0 Å². The van der Waals surface area contributed by atoms with Crippen LogP contribution in [-0.2, 0) is 0 Å². The zero-order valence-electron chi connectivity index (χ0n) is 11.7. The predicted octanol–water partition coefficient (Wildman–Crippen LogP) is 4.60. The summed E-state index contributed by atoms with van der Waals surface area (Å²) < 4.78 is 0. The van der Waals surface area contributed by atoms with Gasteiger partial charge in [0.2, 0.25) is 0 Å². The van der Waals surface area contributed by atoms with Gasteiger partial charge in [0.25, 0.3) is 0 Å². The van der Waals surface area contributed by atoms with Crippen LogP contribution in [0.1, 0.15) is 57.8 Å². The third-order valence-electron chi connectivity index (χ3n) is 3.10. The van der Waals surface area contributed by atoms with Crippen LogP contribution < -0.4 is 0 Å². The molecule has 0 atom stereocenters. The van der Waals surface area contributed by atoms with Crippen LogP contribution in [0.4, 0.5) is 0 Å². The SMILES string of the molecule is [CH]=CCCCCCCCCCCN(C)CC=C. The molecular formula is C16H30N. The molecule has 0 aliphatic rings. The van der Waals surface area contributed by atoms with Gasteiger partial charge in [0.15, 0.2) is 0 Å². The third kappa shape index (κ3) is 13.4. The minimum Gasteiger partial charge on any atom is -0.303 e. The summed E-state index contributed by atoms with van der Waals surface area (Å²) in [5.41, 5.74) is 0. The topological polar surface area (TPSA) is 3.24 Å². The van der Waals surface area contributed by atoms with Crippen LogP contribution in [-0.4, -0.2) is 25.0 Å². The Balaban J connectivity index is 3.03. The lowest BCUT2D eigenvalue weighted by atomic mass is 10.1. The Hall–Kier alpha value is -0.560. The lowest BCUT2D eigenvalue weighted by molar-refractivity contribution is 0.356. The number of allylic oxidation sites excluding steroid dienone is 1. The second-order valence-electron chi connectivity index (χ2n) is 4.90. The average Bonchev–Trinajstić information content (AvgIpc) is 2.32. The summed E-state index contributed by atoms with van der Waals surface area (Å²) in [6, 6.07) is 0. The highest BCUT2D eigenvalue weighted by Crippen LogP contribution is 2.09. The zero-order valence-corrected chi connectivity index (χ0v) is 11.7. The maximum Gasteiger partial charge on any atom is 0.0157 e. The van der Waals surface area contributed by atoms with E-state index in [2.05, 4.69) is 18.5 Å². The van der Waals surface area contributed by atoms with E-state index in [1.807, 2.05) is 6.08 Å². The van der Waals surface area contributed by atoms with Gasteiger partial charge in [0.1, 0.15) is 0 Å². The van der Waals surface area contributed by atoms with Crippen molar-refractivity contribution in [2.75, 3.05) is 20.1 Å². The van der Waals surface area contributed by atoms with Gasteiger partial charge in [0.05, 0.1) is 0 Å². The van der Waals surface area contributed by atoms with E-state index >= 15 is 0 Å². The van der Waals surface area contributed by atoms with Crippen molar-refractivity contribution in [1.29, 1.82) is 0 Å². The number of nitrogens with zero attached hydrogens (tertiary/aromatic N) is 1. The van der Waals surface area contributed by atoms with E-state index in [1.54, 1.807) is 6.08 Å². The minimum atomic E-state index is 1.01. The quantitative estimate of drug-likeness (QED) is 0.333. The highest BCUT2D eigenvalue weighted by molar-refractivity contribution is 4.70. The lowest BCUT2D eigenvalue weighted by Crippen LogP contribution is -2.19. The molecule has 0 saturated carbocycles. The molecule has 0 bridgehead atoms. The molecule has 0 spiro atoms. The Morgan fingerprint density at radius 3 is 2.00 bits per heavy atom. The number of hydrogen-bond acceptors (Lipinski definition) is 1.